The zero-order valence-corrected chi connectivity index (χ0v) is 19.2. The molecule has 0 aliphatic rings. The van der Waals surface area contributed by atoms with E-state index in [-0.39, 0.29) is 10.5 Å². The topological polar surface area (TPSA) is 42.1 Å². The van der Waals surface area contributed by atoms with Crippen LogP contribution in [0.2, 0.25) is 18.1 Å². The van der Waals surface area contributed by atoms with E-state index in [9.17, 15) is 9.18 Å². The zero-order chi connectivity index (χ0) is 21.4. The summed E-state index contributed by atoms with van der Waals surface area (Å²) in [5, 5.41) is 0.513. The van der Waals surface area contributed by atoms with Crippen molar-refractivity contribution in [3.8, 4) is 11.1 Å². The molecular weight excluding hydrogens is 381 g/mol. The van der Waals surface area contributed by atoms with Gasteiger partial charge in [-0.3, -0.25) is 4.79 Å². The molecule has 0 unspecified atom stereocenters. The lowest BCUT2D eigenvalue weighted by Gasteiger charge is -2.36. The number of pyridine rings is 1. The SMILES string of the molecule is CCc1cc(=O)c2cc(F)c(-c3cccc(CO[Si](C)(C)C(C)(C)C)c3)cc2[nH]1. The summed E-state index contributed by atoms with van der Waals surface area (Å²) >= 11 is 0. The zero-order valence-electron chi connectivity index (χ0n) is 18.2. The lowest BCUT2D eigenvalue weighted by atomic mass is 10.0. The third kappa shape index (κ3) is 4.51. The van der Waals surface area contributed by atoms with Gasteiger partial charge < -0.3 is 9.41 Å². The van der Waals surface area contributed by atoms with Gasteiger partial charge in [-0.25, -0.2) is 4.39 Å². The number of hydrogen-bond donors (Lipinski definition) is 1. The van der Waals surface area contributed by atoms with Crippen LogP contribution in [0.4, 0.5) is 4.39 Å². The molecule has 29 heavy (non-hydrogen) atoms. The molecule has 0 amide bonds. The second kappa shape index (κ2) is 7.88. The predicted molar refractivity (Wildman–Crippen MR) is 121 cm³/mol. The molecule has 0 spiro atoms. The molecular formula is C24H30FNO2Si. The summed E-state index contributed by atoms with van der Waals surface area (Å²) in [5.41, 5.74) is 3.63. The van der Waals surface area contributed by atoms with Crippen LogP contribution in [-0.2, 0) is 17.5 Å². The van der Waals surface area contributed by atoms with Crippen LogP contribution < -0.4 is 5.43 Å². The highest BCUT2D eigenvalue weighted by atomic mass is 28.4. The third-order valence-electron chi connectivity index (χ3n) is 6.00. The van der Waals surface area contributed by atoms with E-state index in [0.29, 0.717) is 23.1 Å². The number of benzene rings is 2. The van der Waals surface area contributed by atoms with Crippen molar-refractivity contribution in [3.63, 3.8) is 0 Å². The lowest BCUT2D eigenvalue weighted by molar-refractivity contribution is 0.276. The maximum atomic E-state index is 14.9. The van der Waals surface area contributed by atoms with Gasteiger partial charge in [0.1, 0.15) is 5.82 Å². The molecule has 1 heterocycles. The first-order chi connectivity index (χ1) is 13.5. The van der Waals surface area contributed by atoms with Crippen LogP contribution in [0.15, 0.2) is 47.3 Å². The van der Waals surface area contributed by atoms with Crippen molar-refractivity contribution in [1.29, 1.82) is 0 Å². The summed E-state index contributed by atoms with van der Waals surface area (Å²) in [7, 11) is -1.86. The summed E-state index contributed by atoms with van der Waals surface area (Å²) in [6.45, 7) is 13.6. The first-order valence-electron chi connectivity index (χ1n) is 10.1. The Balaban J connectivity index is 1.97. The van der Waals surface area contributed by atoms with Gasteiger partial charge in [0.25, 0.3) is 0 Å². The molecule has 0 radical (unpaired) electrons. The van der Waals surface area contributed by atoms with Crippen molar-refractivity contribution in [2.75, 3.05) is 0 Å². The maximum Gasteiger partial charge on any atom is 0.192 e. The molecule has 0 saturated carbocycles. The van der Waals surface area contributed by atoms with E-state index in [0.717, 1.165) is 23.2 Å². The van der Waals surface area contributed by atoms with Gasteiger partial charge in [0.15, 0.2) is 13.7 Å². The number of aromatic amines is 1. The average molecular weight is 412 g/mol. The van der Waals surface area contributed by atoms with Gasteiger partial charge in [0.2, 0.25) is 0 Å². The fourth-order valence-electron chi connectivity index (χ4n) is 3.05. The third-order valence-corrected chi connectivity index (χ3v) is 10.5. The largest absolute Gasteiger partial charge is 0.413 e. The predicted octanol–water partition coefficient (Wildman–Crippen LogP) is 6.42. The standard InChI is InChI=1S/C24H30FNO2Si/c1-7-18-12-23(27)20-13-21(25)19(14-22(20)26-18)17-10-8-9-16(11-17)15-28-29(5,6)24(2,3)4/h8-14H,7,15H2,1-6H3,(H,26,27). The van der Waals surface area contributed by atoms with Crippen molar-refractivity contribution in [2.24, 2.45) is 0 Å². The lowest BCUT2D eigenvalue weighted by Crippen LogP contribution is -2.40. The fraction of sp³-hybridized carbons (Fsp3) is 0.375. The molecule has 3 aromatic rings. The second-order valence-electron chi connectivity index (χ2n) is 9.14. The molecule has 2 aromatic carbocycles. The van der Waals surface area contributed by atoms with E-state index < -0.39 is 14.1 Å². The highest BCUT2D eigenvalue weighted by Gasteiger charge is 2.37. The van der Waals surface area contributed by atoms with Crippen molar-refractivity contribution >= 4 is 19.2 Å². The Hall–Kier alpha value is -2.24. The highest BCUT2D eigenvalue weighted by Crippen LogP contribution is 2.37. The first kappa shape index (κ1) is 21.5. The number of aromatic nitrogens is 1. The van der Waals surface area contributed by atoms with E-state index in [1.165, 1.54) is 6.07 Å². The number of rotatable bonds is 5. The highest BCUT2D eigenvalue weighted by molar-refractivity contribution is 6.74. The maximum absolute atomic E-state index is 14.9. The van der Waals surface area contributed by atoms with Gasteiger partial charge >= 0.3 is 0 Å². The van der Waals surface area contributed by atoms with Gasteiger partial charge in [0, 0.05) is 22.7 Å². The van der Waals surface area contributed by atoms with Crippen LogP contribution in [0.1, 0.15) is 39.0 Å². The quantitative estimate of drug-likeness (QED) is 0.492. The monoisotopic (exact) mass is 411 g/mol. The van der Waals surface area contributed by atoms with E-state index >= 15 is 0 Å². The summed E-state index contributed by atoms with van der Waals surface area (Å²) in [5.74, 6) is -0.394. The fourth-order valence-corrected chi connectivity index (χ4v) is 4.01. The molecule has 0 atom stereocenters. The minimum Gasteiger partial charge on any atom is -0.413 e. The number of fused-ring (bicyclic) bond motifs is 1. The molecule has 0 aliphatic heterocycles. The molecule has 0 saturated heterocycles. The van der Waals surface area contributed by atoms with E-state index in [2.05, 4.69) is 38.8 Å². The summed E-state index contributed by atoms with van der Waals surface area (Å²) in [4.78, 5) is 15.5. The van der Waals surface area contributed by atoms with Gasteiger partial charge in [0.05, 0.1) is 12.1 Å². The van der Waals surface area contributed by atoms with Crippen molar-refractivity contribution in [2.45, 2.75) is 58.9 Å². The molecule has 5 heteroatoms. The van der Waals surface area contributed by atoms with Gasteiger partial charge in [-0.05, 0) is 53.9 Å². The number of nitrogens with one attached hydrogen (secondary N) is 1. The summed E-state index contributed by atoms with van der Waals surface area (Å²) in [6, 6.07) is 12.4. The van der Waals surface area contributed by atoms with Gasteiger partial charge in [-0.1, -0.05) is 45.9 Å². The van der Waals surface area contributed by atoms with E-state index in [1.807, 2.05) is 31.2 Å². The Morgan fingerprint density at radius 1 is 1.10 bits per heavy atom. The smallest absolute Gasteiger partial charge is 0.192 e. The van der Waals surface area contributed by atoms with Gasteiger partial charge in [-0.15, -0.1) is 0 Å². The normalized spacial score (nSPS) is 12.5. The Labute approximate surface area is 173 Å². The van der Waals surface area contributed by atoms with Crippen molar-refractivity contribution < 1.29 is 8.82 Å². The van der Waals surface area contributed by atoms with Crippen LogP contribution in [0.25, 0.3) is 22.0 Å². The number of aryl methyl sites for hydroxylation is 1. The van der Waals surface area contributed by atoms with E-state index in [4.69, 9.17) is 4.43 Å². The number of halogens is 1. The first-order valence-corrected chi connectivity index (χ1v) is 13.0. The molecule has 3 rings (SSSR count). The minimum atomic E-state index is -1.86. The van der Waals surface area contributed by atoms with Crippen LogP contribution in [0, 0.1) is 5.82 Å². The molecule has 154 valence electrons. The van der Waals surface area contributed by atoms with Crippen LogP contribution in [0.3, 0.4) is 0 Å². The van der Waals surface area contributed by atoms with E-state index in [1.54, 1.807) is 12.1 Å². The molecule has 0 fully saturated rings. The molecule has 0 aliphatic carbocycles. The number of hydrogen-bond acceptors (Lipinski definition) is 2. The second-order valence-corrected chi connectivity index (χ2v) is 13.9. The molecule has 1 aromatic heterocycles. The van der Waals surface area contributed by atoms with Crippen LogP contribution in [-0.4, -0.2) is 13.3 Å². The summed E-state index contributed by atoms with van der Waals surface area (Å²) < 4.78 is 21.2. The van der Waals surface area contributed by atoms with Crippen LogP contribution >= 0.6 is 0 Å². The minimum absolute atomic E-state index is 0.137. The van der Waals surface area contributed by atoms with Gasteiger partial charge in [-0.2, -0.15) is 0 Å². The molecule has 1 N–H and O–H groups in total. The Morgan fingerprint density at radius 2 is 1.83 bits per heavy atom. The van der Waals surface area contributed by atoms with Crippen molar-refractivity contribution in [1.82, 2.24) is 4.98 Å². The average Bonchev–Trinajstić information content (AvgIpc) is 2.65. The molecule has 0 bridgehead atoms. The molecule has 3 nitrogen and oxygen atoms in total. The Morgan fingerprint density at radius 3 is 2.48 bits per heavy atom. The number of H-pyrrole nitrogens is 1. The Bertz CT molecular complexity index is 1100. The van der Waals surface area contributed by atoms with Crippen LogP contribution in [0.5, 0.6) is 0 Å². The Kier molecular flexibility index (Phi) is 5.83. The summed E-state index contributed by atoms with van der Waals surface area (Å²) in [6.07, 6.45) is 0.720. The van der Waals surface area contributed by atoms with Crippen molar-refractivity contribution in [3.05, 3.63) is 69.8 Å².